The standard InChI is InChI=1S/C12H21NO5/c1-3-13(7-11(14)15)12(16)9(2)18-8-10-5-4-6-17-10/h9-10H,3-8H2,1-2H3,(H,14,15). The van der Waals surface area contributed by atoms with Crippen molar-refractivity contribution in [2.45, 2.75) is 38.9 Å². The quantitative estimate of drug-likeness (QED) is 0.720. The number of likely N-dealkylation sites (N-methyl/N-ethyl adjacent to an activating group) is 1. The number of aliphatic carboxylic acids is 1. The summed E-state index contributed by atoms with van der Waals surface area (Å²) < 4.78 is 10.8. The topological polar surface area (TPSA) is 76.1 Å². The van der Waals surface area contributed by atoms with E-state index in [1.54, 1.807) is 13.8 Å². The van der Waals surface area contributed by atoms with E-state index in [0.717, 1.165) is 19.4 Å². The van der Waals surface area contributed by atoms with Crippen molar-refractivity contribution in [3.8, 4) is 0 Å². The fraction of sp³-hybridized carbons (Fsp3) is 0.833. The van der Waals surface area contributed by atoms with Crippen LogP contribution >= 0.6 is 0 Å². The molecule has 1 heterocycles. The molecule has 1 amide bonds. The first-order valence-corrected chi connectivity index (χ1v) is 6.28. The van der Waals surface area contributed by atoms with Crippen LogP contribution in [0.5, 0.6) is 0 Å². The minimum Gasteiger partial charge on any atom is -0.480 e. The van der Waals surface area contributed by atoms with Gasteiger partial charge in [-0.2, -0.15) is 0 Å². The zero-order chi connectivity index (χ0) is 13.5. The molecule has 0 aromatic carbocycles. The number of hydrogen-bond donors (Lipinski definition) is 1. The fourth-order valence-electron chi connectivity index (χ4n) is 1.86. The lowest BCUT2D eigenvalue weighted by Gasteiger charge is -2.23. The molecule has 1 saturated heterocycles. The molecule has 6 heteroatoms. The molecule has 1 aliphatic heterocycles. The first-order valence-electron chi connectivity index (χ1n) is 6.28. The smallest absolute Gasteiger partial charge is 0.323 e. The minimum atomic E-state index is -1.02. The summed E-state index contributed by atoms with van der Waals surface area (Å²) in [4.78, 5) is 23.8. The summed E-state index contributed by atoms with van der Waals surface area (Å²) in [7, 11) is 0. The number of nitrogens with zero attached hydrogens (tertiary/aromatic N) is 1. The first-order chi connectivity index (χ1) is 8.54. The minimum absolute atomic E-state index is 0.0646. The van der Waals surface area contributed by atoms with Crippen LogP contribution in [0.4, 0.5) is 0 Å². The van der Waals surface area contributed by atoms with Crippen molar-refractivity contribution in [3.63, 3.8) is 0 Å². The highest BCUT2D eigenvalue weighted by Gasteiger charge is 2.24. The van der Waals surface area contributed by atoms with E-state index in [1.165, 1.54) is 4.90 Å². The molecular formula is C12H21NO5. The molecular weight excluding hydrogens is 238 g/mol. The van der Waals surface area contributed by atoms with E-state index in [9.17, 15) is 9.59 Å². The second-order valence-corrected chi connectivity index (χ2v) is 4.36. The first kappa shape index (κ1) is 14.9. The second kappa shape index (κ2) is 7.33. The molecule has 0 saturated carbocycles. The number of carbonyl (C=O) groups excluding carboxylic acids is 1. The lowest BCUT2D eigenvalue weighted by atomic mass is 10.2. The van der Waals surface area contributed by atoms with Crippen LogP contribution in [0.1, 0.15) is 26.7 Å². The molecule has 0 bridgehead atoms. The third-order valence-corrected chi connectivity index (χ3v) is 2.92. The van der Waals surface area contributed by atoms with Gasteiger partial charge in [0.1, 0.15) is 12.6 Å². The molecule has 104 valence electrons. The van der Waals surface area contributed by atoms with Crippen molar-refractivity contribution in [1.29, 1.82) is 0 Å². The maximum absolute atomic E-state index is 11.9. The van der Waals surface area contributed by atoms with Gasteiger partial charge in [0.25, 0.3) is 5.91 Å². The fourth-order valence-corrected chi connectivity index (χ4v) is 1.86. The highest BCUT2D eigenvalue weighted by Crippen LogP contribution is 2.13. The predicted octanol–water partition coefficient (Wildman–Crippen LogP) is 0.504. The highest BCUT2D eigenvalue weighted by molar-refractivity contribution is 5.84. The van der Waals surface area contributed by atoms with Crippen molar-refractivity contribution in [2.24, 2.45) is 0 Å². The molecule has 0 aliphatic carbocycles. The van der Waals surface area contributed by atoms with Crippen LogP contribution in [0.3, 0.4) is 0 Å². The SMILES string of the molecule is CCN(CC(=O)O)C(=O)C(C)OCC1CCCO1. The number of carbonyl (C=O) groups is 2. The van der Waals surface area contributed by atoms with Crippen LogP contribution in [0, 0.1) is 0 Å². The van der Waals surface area contributed by atoms with E-state index in [2.05, 4.69) is 0 Å². The lowest BCUT2D eigenvalue weighted by molar-refractivity contribution is -0.151. The number of amides is 1. The summed E-state index contributed by atoms with van der Waals surface area (Å²) in [5, 5.41) is 8.69. The monoisotopic (exact) mass is 259 g/mol. The Morgan fingerprint density at radius 2 is 2.28 bits per heavy atom. The summed E-state index contributed by atoms with van der Waals surface area (Å²) in [6.45, 7) is 4.59. The molecule has 6 nitrogen and oxygen atoms in total. The summed E-state index contributed by atoms with van der Waals surface area (Å²) in [6.07, 6.45) is 1.41. The summed E-state index contributed by atoms with van der Waals surface area (Å²) in [5.74, 6) is -1.31. The molecule has 0 aromatic heterocycles. The largest absolute Gasteiger partial charge is 0.480 e. The molecule has 1 N–H and O–H groups in total. The molecule has 1 rings (SSSR count). The van der Waals surface area contributed by atoms with Crippen LogP contribution < -0.4 is 0 Å². The van der Waals surface area contributed by atoms with Crippen LogP contribution in [-0.4, -0.2) is 60.4 Å². The van der Waals surface area contributed by atoms with Crippen molar-refractivity contribution >= 4 is 11.9 Å². The zero-order valence-electron chi connectivity index (χ0n) is 10.9. The molecule has 2 atom stereocenters. The van der Waals surface area contributed by atoms with E-state index < -0.39 is 12.1 Å². The van der Waals surface area contributed by atoms with Gasteiger partial charge in [0.05, 0.1) is 12.7 Å². The Morgan fingerprint density at radius 1 is 1.56 bits per heavy atom. The molecule has 0 aromatic rings. The van der Waals surface area contributed by atoms with Gasteiger partial charge in [-0.15, -0.1) is 0 Å². The van der Waals surface area contributed by atoms with Gasteiger partial charge in [-0.25, -0.2) is 0 Å². The highest BCUT2D eigenvalue weighted by atomic mass is 16.5. The number of carboxylic acids is 1. The van der Waals surface area contributed by atoms with Gasteiger partial charge in [0.15, 0.2) is 0 Å². The van der Waals surface area contributed by atoms with Gasteiger partial charge in [0, 0.05) is 13.2 Å². The molecule has 18 heavy (non-hydrogen) atoms. The number of hydrogen-bond acceptors (Lipinski definition) is 4. The molecule has 0 spiro atoms. The third kappa shape index (κ3) is 4.62. The Morgan fingerprint density at radius 3 is 2.78 bits per heavy atom. The normalized spacial score (nSPS) is 20.7. The van der Waals surface area contributed by atoms with Crippen molar-refractivity contribution < 1.29 is 24.2 Å². The Hall–Kier alpha value is -1.14. The van der Waals surface area contributed by atoms with Gasteiger partial charge in [-0.3, -0.25) is 9.59 Å². The number of rotatable bonds is 7. The van der Waals surface area contributed by atoms with E-state index in [-0.39, 0.29) is 18.6 Å². The molecule has 1 fully saturated rings. The third-order valence-electron chi connectivity index (χ3n) is 2.92. The van der Waals surface area contributed by atoms with Crippen LogP contribution in [-0.2, 0) is 19.1 Å². The summed E-state index contributed by atoms with van der Waals surface area (Å²) >= 11 is 0. The van der Waals surface area contributed by atoms with Crippen molar-refractivity contribution in [1.82, 2.24) is 4.90 Å². The van der Waals surface area contributed by atoms with Gasteiger partial charge in [0.2, 0.25) is 0 Å². The van der Waals surface area contributed by atoms with Crippen LogP contribution in [0.25, 0.3) is 0 Å². The number of ether oxygens (including phenoxy) is 2. The molecule has 0 radical (unpaired) electrons. The average molecular weight is 259 g/mol. The van der Waals surface area contributed by atoms with Crippen molar-refractivity contribution in [3.05, 3.63) is 0 Å². The van der Waals surface area contributed by atoms with Gasteiger partial charge < -0.3 is 19.5 Å². The van der Waals surface area contributed by atoms with E-state index in [0.29, 0.717) is 13.2 Å². The molecule has 1 aliphatic rings. The second-order valence-electron chi connectivity index (χ2n) is 4.36. The summed E-state index contributed by atoms with van der Waals surface area (Å²) in [5.41, 5.74) is 0. The Bertz CT molecular complexity index is 288. The van der Waals surface area contributed by atoms with Crippen LogP contribution in [0.15, 0.2) is 0 Å². The Kier molecular flexibility index (Phi) is 6.07. The Balaban J connectivity index is 2.35. The zero-order valence-corrected chi connectivity index (χ0v) is 10.9. The van der Waals surface area contributed by atoms with Gasteiger partial charge >= 0.3 is 5.97 Å². The maximum atomic E-state index is 11.9. The maximum Gasteiger partial charge on any atom is 0.323 e. The van der Waals surface area contributed by atoms with Gasteiger partial charge in [-0.05, 0) is 26.7 Å². The van der Waals surface area contributed by atoms with Gasteiger partial charge in [-0.1, -0.05) is 0 Å². The molecule has 2 unspecified atom stereocenters. The van der Waals surface area contributed by atoms with E-state index in [1.807, 2.05) is 0 Å². The Labute approximate surface area is 107 Å². The predicted molar refractivity (Wildman–Crippen MR) is 64.3 cm³/mol. The summed E-state index contributed by atoms with van der Waals surface area (Å²) in [6, 6.07) is 0. The van der Waals surface area contributed by atoms with E-state index >= 15 is 0 Å². The van der Waals surface area contributed by atoms with E-state index in [4.69, 9.17) is 14.6 Å². The van der Waals surface area contributed by atoms with Crippen molar-refractivity contribution in [2.75, 3.05) is 26.3 Å². The average Bonchev–Trinajstić information content (AvgIpc) is 2.84. The van der Waals surface area contributed by atoms with Crippen LogP contribution in [0.2, 0.25) is 0 Å². The number of carboxylic acid groups (broad SMARTS) is 1. The lowest BCUT2D eigenvalue weighted by Crippen LogP contribution is -2.42.